The molecule has 1 heterocycles. The van der Waals surface area contributed by atoms with Crippen molar-refractivity contribution < 1.29 is 4.79 Å². The van der Waals surface area contributed by atoms with Crippen molar-refractivity contribution in [2.45, 2.75) is 32.6 Å². The lowest BCUT2D eigenvalue weighted by atomic mass is 10.1. The minimum absolute atomic E-state index is 0.267. The smallest absolute Gasteiger partial charge is 0.155 e. The lowest BCUT2D eigenvalue weighted by molar-refractivity contribution is -0.114. The maximum Gasteiger partial charge on any atom is 0.155 e. The van der Waals surface area contributed by atoms with E-state index in [0.717, 1.165) is 25.0 Å². The van der Waals surface area contributed by atoms with Crippen LogP contribution in [0.4, 0.5) is 0 Å². The number of allylic oxidation sites excluding steroid dienone is 2. The van der Waals surface area contributed by atoms with Gasteiger partial charge in [0.05, 0.1) is 5.69 Å². The molecule has 3 heteroatoms. The van der Waals surface area contributed by atoms with Crippen molar-refractivity contribution in [3.8, 4) is 0 Å². The van der Waals surface area contributed by atoms with E-state index < -0.39 is 0 Å². The number of carbonyl (C=O) groups excluding carboxylic acids is 1. The van der Waals surface area contributed by atoms with Crippen LogP contribution in [0.1, 0.15) is 31.2 Å². The van der Waals surface area contributed by atoms with Crippen molar-refractivity contribution in [3.05, 3.63) is 29.1 Å². The fourth-order valence-corrected chi connectivity index (χ4v) is 1.94. The Labute approximate surface area is 89.8 Å². The molecular formula is C12H16N2O. The third-order valence-corrected chi connectivity index (χ3v) is 2.86. The van der Waals surface area contributed by atoms with Crippen LogP contribution in [0.5, 0.6) is 0 Å². The highest BCUT2D eigenvalue weighted by atomic mass is 16.1. The number of aryl methyl sites for hydroxylation is 2. The minimum Gasteiger partial charge on any atom is -0.295 e. The Morgan fingerprint density at radius 2 is 2.27 bits per heavy atom. The van der Waals surface area contributed by atoms with Gasteiger partial charge in [0.1, 0.15) is 0 Å². The molecule has 1 aliphatic rings. The summed E-state index contributed by atoms with van der Waals surface area (Å²) in [5.74, 6) is 0.267. The predicted molar refractivity (Wildman–Crippen MR) is 58.6 cm³/mol. The van der Waals surface area contributed by atoms with Crippen LogP contribution in [-0.4, -0.2) is 15.6 Å². The number of nitrogens with zero attached hydrogens (tertiary/aromatic N) is 2. The number of hydrogen-bond acceptors (Lipinski definition) is 2. The highest BCUT2D eigenvalue weighted by Gasteiger charge is 2.14. The quantitative estimate of drug-likeness (QED) is 0.752. The van der Waals surface area contributed by atoms with Gasteiger partial charge >= 0.3 is 0 Å². The molecule has 0 unspecified atom stereocenters. The van der Waals surface area contributed by atoms with Crippen molar-refractivity contribution in [2.24, 2.45) is 7.05 Å². The van der Waals surface area contributed by atoms with Crippen molar-refractivity contribution in [3.63, 3.8) is 0 Å². The van der Waals surface area contributed by atoms with Gasteiger partial charge in [-0.05, 0) is 25.0 Å². The Morgan fingerprint density at radius 1 is 1.47 bits per heavy atom. The summed E-state index contributed by atoms with van der Waals surface area (Å²) < 4.78 is 1.92. The van der Waals surface area contributed by atoms with Crippen LogP contribution in [0.2, 0.25) is 0 Å². The molecule has 1 aliphatic carbocycles. The highest BCUT2D eigenvalue weighted by molar-refractivity contribution is 5.93. The molecule has 0 aliphatic heterocycles. The molecule has 0 bridgehead atoms. The van der Waals surface area contributed by atoms with Gasteiger partial charge in [-0.2, -0.15) is 5.10 Å². The summed E-state index contributed by atoms with van der Waals surface area (Å²) >= 11 is 0. The zero-order valence-corrected chi connectivity index (χ0v) is 9.29. The zero-order valence-electron chi connectivity index (χ0n) is 9.29. The average molecular weight is 204 g/mol. The minimum atomic E-state index is 0.267. The lowest BCUT2D eigenvalue weighted by Crippen LogP contribution is -1.99. The SMILES string of the molecule is CCc1cc(CC2=CC(=O)CC2)n(C)n1. The first-order valence-electron chi connectivity index (χ1n) is 5.43. The summed E-state index contributed by atoms with van der Waals surface area (Å²) in [6.07, 6.45) is 5.24. The van der Waals surface area contributed by atoms with Gasteiger partial charge in [0.2, 0.25) is 0 Å². The van der Waals surface area contributed by atoms with Crippen LogP contribution in [0, 0.1) is 0 Å². The van der Waals surface area contributed by atoms with Crippen LogP contribution >= 0.6 is 0 Å². The molecule has 1 aromatic rings. The Bertz CT molecular complexity index is 415. The van der Waals surface area contributed by atoms with E-state index in [1.807, 2.05) is 11.7 Å². The van der Waals surface area contributed by atoms with Crippen LogP contribution in [-0.2, 0) is 24.7 Å². The molecule has 0 saturated heterocycles. The van der Waals surface area contributed by atoms with Gasteiger partial charge in [-0.15, -0.1) is 0 Å². The van der Waals surface area contributed by atoms with Crippen molar-refractivity contribution >= 4 is 5.78 Å². The van der Waals surface area contributed by atoms with E-state index in [2.05, 4.69) is 18.1 Å². The summed E-state index contributed by atoms with van der Waals surface area (Å²) in [5.41, 5.74) is 3.57. The Morgan fingerprint density at radius 3 is 2.80 bits per heavy atom. The first kappa shape index (κ1) is 10.1. The number of aromatic nitrogens is 2. The van der Waals surface area contributed by atoms with Gasteiger partial charge in [0.25, 0.3) is 0 Å². The monoisotopic (exact) mass is 204 g/mol. The van der Waals surface area contributed by atoms with Crippen LogP contribution < -0.4 is 0 Å². The summed E-state index contributed by atoms with van der Waals surface area (Å²) in [5, 5.41) is 4.39. The molecule has 0 aromatic carbocycles. The second-order valence-corrected chi connectivity index (χ2v) is 4.05. The summed E-state index contributed by atoms with van der Waals surface area (Å²) in [6.45, 7) is 2.10. The molecule has 15 heavy (non-hydrogen) atoms. The first-order valence-corrected chi connectivity index (χ1v) is 5.43. The highest BCUT2D eigenvalue weighted by Crippen LogP contribution is 2.19. The van der Waals surface area contributed by atoms with Crippen LogP contribution in [0.25, 0.3) is 0 Å². The first-order chi connectivity index (χ1) is 7.19. The maximum absolute atomic E-state index is 11.1. The number of carbonyl (C=O) groups is 1. The van der Waals surface area contributed by atoms with Gasteiger partial charge in [-0.1, -0.05) is 12.5 Å². The van der Waals surface area contributed by atoms with Gasteiger partial charge in [-0.3, -0.25) is 9.48 Å². The molecular weight excluding hydrogens is 188 g/mol. The largest absolute Gasteiger partial charge is 0.295 e. The fourth-order valence-electron chi connectivity index (χ4n) is 1.94. The van der Waals surface area contributed by atoms with Crippen LogP contribution in [0.15, 0.2) is 17.7 Å². The summed E-state index contributed by atoms with van der Waals surface area (Å²) in [4.78, 5) is 11.1. The molecule has 80 valence electrons. The van der Waals surface area contributed by atoms with Crippen molar-refractivity contribution in [2.75, 3.05) is 0 Å². The Kier molecular flexibility index (Phi) is 2.71. The molecule has 0 fully saturated rings. The molecule has 3 nitrogen and oxygen atoms in total. The van der Waals surface area contributed by atoms with E-state index in [9.17, 15) is 4.79 Å². The molecule has 0 atom stereocenters. The molecule has 0 N–H and O–H groups in total. The van der Waals surface area contributed by atoms with Crippen molar-refractivity contribution in [1.29, 1.82) is 0 Å². The van der Waals surface area contributed by atoms with Crippen molar-refractivity contribution in [1.82, 2.24) is 9.78 Å². The van der Waals surface area contributed by atoms with E-state index in [-0.39, 0.29) is 5.78 Å². The molecule has 2 rings (SSSR count). The molecule has 0 radical (unpaired) electrons. The lowest BCUT2D eigenvalue weighted by Gasteiger charge is -2.01. The van der Waals surface area contributed by atoms with E-state index >= 15 is 0 Å². The van der Waals surface area contributed by atoms with E-state index in [0.29, 0.717) is 6.42 Å². The maximum atomic E-state index is 11.1. The summed E-state index contributed by atoms with van der Waals surface area (Å²) in [7, 11) is 1.96. The predicted octanol–water partition coefficient (Wildman–Crippen LogP) is 1.81. The molecule has 0 saturated carbocycles. The average Bonchev–Trinajstić information content (AvgIpc) is 2.75. The van der Waals surface area contributed by atoms with E-state index in [1.54, 1.807) is 6.08 Å². The third-order valence-electron chi connectivity index (χ3n) is 2.86. The Hall–Kier alpha value is -1.38. The molecule has 0 amide bonds. The van der Waals surface area contributed by atoms with Gasteiger partial charge < -0.3 is 0 Å². The van der Waals surface area contributed by atoms with E-state index in [4.69, 9.17) is 0 Å². The standard InChI is InChI=1S/C12H16N2O/c1-3-10-8-11(14(2)13-10)6-9-4-5-12(15)7-9/h7-8H,3-6H2,1-2H3. The zero-order chi connectivity index (χ0) is 10.8. The Balaban J connectivity index is 2.13. The van der Waals surface area contributed by atoms with Crippen LogP contribution in [0.3, 0.4) is 0 Å². The topological polar surface area (TPSA) is 34.9 Å². The summed E-state index contributed by atoms with van der Waals surface area (Å²) in [6, 6.07) is 2.13. The number of ketones is 1. The third kappa shape index (κ3) is 2.17. The second-order valence-electron chi connectivity index (χ2n) is 4.05. The number of hydrogen-bond donors (Lipinski definition) is 0. The fraction of sp³-hybridized carbons (Fsp3) is 0.500. The van der Waals surface area contributed by atoms with Gasteiger partial charge in [0, 0.05) is 25.6 Å². The van der Waals surface area contributed by atoms with Gasteiger partial charge in [0.15, 0.2) is 5.78 Å². The molecule has 1 aromatic heterocycles. The number of rotatable bonds is 3. The van der Waals surface area contributed by atoms with Gasteiger partial charge in [-0.25, -0.2) is 0 Å². The second kappa shape index (κ2) is 4.01. The normalized spacial score (nSPS) is 15.9. The van der Waals surface area contributed by atoms with E-state index in [1.165, 1.54) is 11.3 Å². The molecule has 0 spiro atoms.